The van der Waals surface area contributed by atoms with Gasteiger partial charge in [0.05, 0.1) is 11.4 Å². The van der Waals surface area contributed by atoms with E-state index in [1.54, 1.807) is 12.1 Å². The van der Waals surface area contributed by atoms with E-state index >= 15 is 0 Å². The average molecular weight is 226 g/mol. The minimum atomic E-state index is 0.239. The van der Waals surface area contributed by atoms with Gasteiger partial charge in [-0.15, -0.1) is 0 Å². The number of rotatable bonds is 3. The largest absolute Gasteiger partial charge is 0.507 e. The van der Waals surface area contributed by atoms with Crippen molar-refractivity contribution in [2.24, 2.45) is 5.10 Å². The Hall–Kier alpha value is -2.29. The van der Waals surface area contributed by atoms with Gasteiger partial charge < -0.3 is 5.11 Å². The fourth-order valence-corrected chi connectivity index (χ4v) is 1.50. The lowest BCUT2D eigenvalue weighted by Crippen LogP contribution is -1.99. The van der Waals surface area contributed by atoms with Crippen molar-refractivity contribution >= 4 is 11.4 Å². The number of phenols is 1. The highest BCUT2D eigenvalue weighted by molar-refractivity contribution is 6.01. The van der Waals surface area contributed by atoms with Gasteiger partial charge in [-0.05, 0) is 31.2 Å². The molecule has 0 atom stereocenters. The molecule has 2 aromatic carbocycles. The van der Waals surface area contributed by atoms with E-state index in [-0.39, 0.29) is 5.75 Å². The lowest BCUT2D eigenvalue weighted by atomic mass is 10.1. The van der Waals surface area contributed by atoms with Crippen molar-refractivity contribution in [1.82, 2.24) is 0 Å². The summed E-state index contributed by atoms with van der Waals surface area (Å²) in [5.41, 5.74) is 5.34. The Bertz CT molecular complexity index is 521. The zero-order chi connectivity index (χ0) is 12.1. The van der Waals surface area contributed by atoms with Gasteiger partial charge in [0, 0.05) is 5.56 Å². The van der Waals surface area contributed by atoms with Crippen LogP contribution < -0.4 is 5.43 Å². The van der Waals surface area contributed by atoms with Crippen LogP contribution in [0.25, 0.3) is 0 Å². The van der Waals surface area contributed by atoms with E-state index in [2.05, 4.69) is 10.5 Å². The maximum Gasteiger partial charge on any atom is 0.124 e. The predicted molar refractivity (Wildman–Crippen MR) is 70.4 cm³/mol. The quantitative estimate of drug-likeness (QED) is 0.623. The average Bonchev–Trinajstić information content (AvgIpc) is 2.38. The summed E-state index contributed by atoms with van der Waals surface area (Å²) in [6, 6.07) is 16.8. The van der Waals surface area contributed by atoms with Crippen LogP contribution in [0.15, 0.2) is 59.7 Å². The zero-order valence-electron chi connectivity index (χ0n) is 9.59. The summed E-state index contributed by atoms with van der Waals surface area (Å²) in [6.07, 6.45) is 0. The number of benzene rings is 2. The van der Waals surface area contributed by atoms with Crippen LogP contribution in [0.3, 0.4) is 0 Å². The molecule has 0 bridgehead atoms. The molecule has 0 fully saturated rings. The molecule has 17 heavy (non-hydrogen) atoms. The van der Waals surface area contributed by atoms with Crippen LogP contribution in [0.5, 0.6) is 5.75 Å². The molecule has 0 saturated heterocycles. The molecule has 0 spiro atoms. The first-order chi connectivity index (χ1) is 8.27. The Labute approximate surface area is 100 Å². The number of aromatic hydroxyl groups is 1. The number of nitrogens with zero attached hydrogens (tertiary/aromatic N) is 1. The number of para-hydroxylation sites is 2. The molecule has 3 nitrogen and oxygen atoms in total. The summed E-state index contributed by atoms with van der Waals surface area (Å²) >= 11 is 0. The first kappa shape index (κ1) is 11.2. The van der Waals surface area contributed by atoms with Gasteiger partial charge in [0.1, 0.15) is 5.75 Å². The molecule has 2 N–H and O–H groups in total. The molecule has 0 aliphatic heterocycles. The number of nitrogens with one attached hydrogen (secondary N) is 1. The number of hydrogen-bond donors (Lipinski definition) is 2. The summed E-state index contributed by atoms with van der Waals surface area (Å²) < 4.78 is 0. The van der Waals surface area contributed by atoms with Crippen molar-refractivity contribution in [3.8, 4) is 5.75 Å². The van der Waals surface area contributed by atoms with Gasteiger partial charge in [-0.3, -0.25) is 5.43 Å². The van der Waals surface area contributed by atoms with E-state index in [0.717, 1.165) is 17.0 Å². The Morgan fingerprint density at radius 1 is 1.00 bits per heavy atom. The number of phenolic OH excluding ortho intramolecular Hbond substituents is 1. The summed E-state index contributed by atoms with van der Waals surface area (Å²) in [4.78, 5) is 0. The van der Waals surface area contributed by atoms with Gasteiger partial charge >= 0.3 is 0 Å². The predicted octanol–water partition coefficient (Wildman–Crippen LogP) is 3.23. The molecule has 3 heteroatoms. The Balaban J connectivity index is 2.16. The normalized spacial score (nSPS) is 11.2. The molecule has 0 saturated carbocycles. The van der Waals surface area contributed by atoms with Crippen LogP contribution in [0, 0.1) is 0 Å². The molecule has 0 aliphatic carbocycles. The zero-order valence-corrected chi connectivity index (χ0v) is 9.59. The summed E-state index contributed by atoms with van der Waals surface area (Å²) in [7, 11) is 0. The highest BCUT2D eigenvalue weighted by Crippen LogP contribution is 2.16. The molecule has 0 unspecified atom stereocenters. The topological polar surface area (TPSA) is 44.6 Å². The van der Waals surface area contributed by atoms with E-state index < -0.39 is 0 Å². The van der Waals surface area contributed by atoms with E-state index in [0.29, 0.717) is 0 Å². The number of anilines is 1. The van der Waals surface area contributed by atoms with Crippen molar-refractivity contribution in [2.45, 2.75) is 6.92 Å². The molecule has 2 rings (SSSR count). The second-order valence-electron chi connectivity index (χ2n) is 3.69. The van der Waals surface area contributed by atoms with Crippen LogP contribution in [0.2, 0.25) is 0 Å². The fraction of sp³-hybridized carbons (Fsp3) is 0.0714. The second-order valence-corrected chi connectivity index (χ2v) is 3.69. The van der Waals surface area contributed by atoms with Crippen molar-refractivity contribution in [3.63, 3.8) is 0 Å². The minimum absolute atomic E-state index is 0.239. The maximum atomic E-state index is 9.67. The van der Waals surface area contributed by atoms with Gasteiger partial charge in [-0.1, -0.05) is 30.3 Å². The highest BCUT2D eigenvalue weighted by atomic mass is 16.3. The van der Waals surface area contributed by atoms with Crippen LogP contribution in [-0.4, -0.2) is 10.8 Å². The SMILES string of the molecule is C/C(=N\Nc1ccccc1)c1ccccc1O. The fourth-order valence-electron chi connectivity index (χ4n) is 1.50. The third-order valence-corrected chi connectivity index (χ3v) is 2.42. The summed E-state index contributed by atoms with van der Waals surface area (Å²) in [6.45, 7) is 1.85. The highest BCUT2D eigenvalue weighted by Gasteiger charge is 2.02. The Kier molecular flexibility index (Phi) is 3.40. The molecule has 86 valence electrons. The van der Waals surface area contributed by atoms with Crippen LogP contribution in [0.4, 0.5) is 5.69 Å². The van der Waals surface area contributed by atoms with Gasteiger partial charge in [-0.2, -0.15) is 5.10 Å². The standard InChI is InChI=1S/C14H14N2O/c1-11(13-9-5-6-10-14(13)17)15-16-12-7-3-2-4-8-12/h2-10,16-17H,1H3/b15-11+. The summed E-state index contributed by atoms with van der Waals surface area (Å²) in [5, 5.41) is 13.9. The minimum Gasteiger partial charge on any atom is -0.507 e. The van der Waals surface area contributed by atoms with Crippen molar-refractivity contribution in [2.75, 3.05) is 5.43 Å². The van der Waals surface area contributed by atoms with Crippen LogP contribution in [0.1, 0.15) is 12.5 Å². The smallest absolute Gasteiger partial charge is 0.124 e. The molecular weight excluding hydrogens is 212 g/mol. The molecule has 0 aliphatic rings. The van der Waals surface area contributed by atoms with Gasteiger partial charge in [0.2, 0.25) is 0 Å². The van der Waals surface area contributed by atoms with Crippen molar-refractivity contribution in [3.05, 3.63) is 60.2 Å². The first-order valence-electron chi connectivity index (χ1n) is 5.41. The molecule has 0 heterocycles. The van der Waals surface area contributed by atoms with E-state index in [9.17, 15) is 5.11 Å². The first-order valence-corrected chi connectivity index (χ1v) is 5.41. The monoisotopic (exact) mass is 226 g/mol. The van der Waals surface area contributed by atoms with Crippen LogP contribution >= 0.6 is 0 Å². The molecule has 2 aromatic rings. The van der Waals surface area contributed by atoms with Gasteiger partial charge in [0.15, 0.2) is 0 Å². The molecular formula is C14H14N2O. The van der Waals surface area contributed by atoms with Crippen molar-refractivity contribution in [1.29, 1.82) is 0 Å². The van der Waals surface area contributed by atoms with E-state index in [4.69, 9.17) is 0 Å². The Morgan fingerprint density at radius 2 is 1.65 bits per heavy atom. The molecule has 0 aromatic heterocycles. The van der Waals surface area contributed by atoms with Crippen molar-refractivity contribution < 1.29 is 5.11 Å². The number of hydrogen-bond acceptors (Lipinski definition) is 3. The number of hydrazone groups is 1. The van der Waals surface area contributed by atoms with Crippen LogP contribution in [-0.2, 0) is 0 Å². The lowest BCUT2D eigenvalue weighted by molar-refractivity contribution is 0.474. The maximum absolute atomic E-state index is 9.67. The lowest BCUT2D eigenvalue weighted by Gasteiger charge is -2.05. The van der Waals surface area contributed by atoms with E-state index in [1.807, 2.05) is 49.4 Å². The van der Waals surface area contributed by atoms with Gasteiger partial charge in [-0.25, -0.2) is 0 Å². The Morgan fingerprint density at radius 3 is 2.35 bits per heavy atom. The van der Waals surface area contributed by atoms with E-state index in [1.165, 1.54) is 0 Å². The van der Waals surface area contributed by atoms with Gasteiger partial charge in [0.25, 0.3) is 0 Å². The molecule has 0 radical (unpaired) electrons. The third-order valence-electron chi connectivity index (χ3n) is 2.42. The summed E-state index contributed by atoms with van der Waals surface area (Å²) in [5.74, 6) is 0.239. The molecule has 0 amide bonds. The third kappa shape index (κ3) is 2.84. The second kappa shape index (κ2) is 5.16.